The molecule has 0 spiro atoms. The molecule has 1 atom stereocenters. The Bertz CT molecular complexity index is 574. The summed E-state index contributed by atoms with van der Waals surface area (Å²) in [6.45, 7) is 4.51. The summed E-state index contributed by atoms with van der Waals surface area (Å²) >= 11 is 1.44. The van der Waals surface area contributed by atoms with Gasteiger partial charge in [-0.3, -0.25) is 4.79 Å². The Balaban J connectivity index is 2.16. The van der Waals surface area contributed by atoms with E-state index in [9.17, 15) is 4.79 Å². The molecular weight excluding hydrogens is 270 g/mol. The van der Waals surface area contributed by atoms with Crippen LogP contribution in [0.4, 0.5) is 0 Å². The quantitative estimate of drug-likeness (QED) is 0.888. The molecule has 2 N–H and O–H groups in total. The number of benzene rings is 1. The highest BCUT2D eigenvalue weighted by molar-refractivity contribution is 7.12. The number of hydrogen-bond acceptors (Lipinski definition) is 3. The van der Waals surface area contributed by atoms with Gasteiger partial charge in [-0.2, -0.15) is 0 Å². The standard InChI is InChI=1S/C16H19NO2S/c1-11-3-5-13(6-4-11)14-7-8-20-15(14)16(19)17-9-12(2)10-18/h3-8,12,18H,9-10H2,1-2H3,(H,17,19). The van der Waals surface area contributed by atoms with Crippen LogP contribution in [-0.4, -0.2) is 24.2 Å². The topological polar surface area (TPSA) is 49.3 Å². The number of carbonyl (C=O) groups is 1. The van der Waals surface area contributed by atoms with Crippen LogP contribution in [0.5, 0.6) is 0 Å². The third kappa shape index (κ3) is 3.46. The van der Waals surface area contributed by atoms with Gasteiger partial charge in [-0.15, -0.1) is 11.3 Å². The van der Waals surface area contributed by atoms with Gasteiger partial charge in [0.05, 0.1) is 4.88 Å². The summed E-state index contributed by atoms with van der Waals surface area (Å²) in [5.41, 5.74) is 3.22. The Morgan fingerprint density at radius 1 is 1.30 bits per heavy atom. The Kier molecular flexibility index (Phi) is 4.93. The molecule has 0 saturated carbocycles. The van der Waals surface area contributed by atoms with Gasteiger partial charge in [-0.25, -0.2) is 0 Å². The van der Waals surface area contributed by atoms with Crippen LogP contribution in [0.1, 0.15) is 22.2 Å². The SMILES string of the molecule is Cc1ccc(-c2ccsc2C(=O)NCC(C)CO)cc1. The van der Waals surface area contributed by atoms with Crippen molar-refractivity contribution in [1.82, 2.24) is 5.32 Å². The molecular formula is C16H19NO2S. The summed E-state index contributed by atoms with van der Waals surface area (Å²) in [5, 5.41) is 13.8. The van der Waals surface area contributed by atoms with E-state index in [2.05, 4.69) is 5.32 Å². The van der Waals surface area contributed by atoms with E-state index < -0.39 is 0 Å². The second-order valence-electron chi connectivity index (χ2n) is 5.03. The molecule has 1 aromatic heterocycles. The van der Waals surface area contributed by atoms with Gasteiger partial charge in [0.2, 0.25) is 0 Å². The maximum absolute atomic E-state index is 12.2. The molecule has 1 amide bonds. The molecule has 1 heterocycles. The zero-order valence-corrected chi connectivity index (χ0v) is 12.5. The number of aliphatic hydroxyl groups excluding tert-OH is 1. The summed E-state index contributed by atoms with van der Waals surface area (Å²) in [7, 11) is 0. The van der Waals surface area contributed by atoms with Crippen molar-refractivity contribution in [2.75, 3.05) is 13.2 Å². The Morgan fingerprint density at radius 3 is 2.65 bits per heavy atom. The Hall–Kier alpha value is -1.65. The van der Waals surface area contributed by atoms with E-state index in [4.69, 9.17) is 5.11 Å². The molecule has 0 fully saturated rings. The lowest BCUT2D eigenvalue weighted by molar-refractivity contribution is 0.0947. The van der Waals surface area contributed by atoms with Gasteiger partial charge in [0.25, 0.3) is 5.91 Å². The fraction of sp³-hybridized carbons (Fsp3) is 0.312. The third-order valence-corrected chi connectivity index (χ3v) is 4.07. The summed E-state index contributed by atoms with van der Waals surface area (Å²) in [4.78, 5) is 12.9. The number of thiophene rings is 1. The molecule has 3 nitrogen and oxygen atoms in total. The van der Waals surface area contributed by atoms with Gasteiger partial charge in [-0.05, 0) is 29.9 Å². The Labute approximate surface area is 123 Å². The first-order valence-electron chi connectivity index (χ1n) is 6.65. The van der Waals surface area contributed by atoms with E-state index in [-0.39, 0.29) is 18.4 Å². The molecule has 0 aliphatic rings. The van der Waals surface area contributed by atoms with Crippen molar-refractivity contribution in [1.29, 1.82) is 0 Å². The molecule has 1 unspecified atom stereocenters. The normalized spacial score (nSPS) is 12.2. The largest absolute Gasteiger partial charge is 0.396 e. The average molecular weight is 289 g/mol. The van der Waals surface area contributed by atoms with E-state index in [1.807, 2.05) is 49.6 Å². The molecule has 0 bridgehead atoms. The zero-order chi connectivity index (χ0) is 14.5. The number of hydrogen-bond donors (Lipinski definition) is 2. The second-order valence-corrected chi connectivity index (χ2v) is 5.94. The second kappa shape index (κ2) is 6.68. The smallest absolute Gasteiger partial charge is 0.261 e. The Morgan fingerprint density at radius 2 is 2.00 bits per heavy atom. The van der Waals surface area contributed by atoms with Crippen molar-refractivity contribution in [3.05, 3.63) is 46.2 Å². The van der Waals surface area contributed by atoms with Crippen LogP contribution < -0.4 is 5.32 Å². The van der Waals surface area contributed by atoms with Gasteiger partial charge < -0.3 is 10.4 Å². The van der Waals surface area contributed by atoms with E-state index in [0.717, 1.165) is 16.0 Å². The number of amides is 1. The fourth-order valence-corrected chi connectivity index (χ4v) is 2.69. The molecule has 2 aromatic rings. The van der Waals surface area contributed by atoms with Crippen molar-refractivity contribution in [3.8, 4) is 11.1 Å². The lowest BCUT2D eigenvalue weighted by atomic mass is 10.0. The number of rotatable bonds is 5. The van der Waals surface area contributed by atoms with E-state index in [1.165, 1.54) is 16.9 Å². The van der Waals surface area contributed by atoms with E-state index >= 15 is 0 Å². The maximum atomic E-state index is 12.2. The highest BCUT2D eigenvalue weighted by Gasteiger charge is 2.14. The summed E-state index contributed by atoms with van der Waals surface area (Å²) in [6, 6.07) is 10.1. The molecule has 1 aromatic carbocycles. The number of aliphatic hydroxyl groups is 1. The molecule has 4 heteroatoms. The van der Waals surface area contributed by atoms with E-state index in [0.29, 0.717) is 6.54 Å². The molecule has 2 rings (SSSR count). The minimum atomic E-state index is -0.0733. The fourth-order valence-electron chi connectivity index (χ4n) is 1.86. The highest BCUT2D eigenvalue weighted by atomic mass is 32.1. The van der Waals surface area contributed by atoms with Gasteiger partial charge in [0, 0.05) is 18.7 Å². The van der Waals surface area contributed by atoms with Crippen LogP contribution in [0.2, 0.25) is 0 Å². The minimum Gasteiger partial charge on any atom is -0.396 e. The van der Waals surface area contributed by atoms with Crippen LogP contribution in [0, 0.1) is 12.8 Å². The van der Waals surface area contributed by atoms with Crippen molar-refractivity contribution in [2.45, 2.75) is 13.8 Å². The first-order valence-corrected chi connectivity index (χ1v) is 7.53. The molecule has 20 heavy (non-hydrogen) atoms. The first-order chi connectivity index (χ1) is 9.61. The van der Waals surface area contributed by atoms with Crippen LogP contribution in [0.25, 0.3) is 11.1 Å². The predicted octanol–water partition coefficient (Wildman–Crippen LogP) is 3.08. The van der Waals surface area contributed by atoms with Gasteiger partial charge >= 0.3 is 0 Å². The summed E-state index contributed by atoms with van der Waals surface area (Å²) < 4.78 is 0. The van der Waals surface area contributed by atoms with Crippen molar-refractivity contribution in [2.24, 2.45) is 5.92 Å². The summed E-state index contributed by atoms with van der Waals surface area (Å²) in [6.07, 6.45) is 0. The number of aryl methyl sites for hydroxylation is 1. The summed E-state index contributed by atoms with van der Waals surface area (Å²) in [5.74, 6) is -0.00221. The van der Waals surface area contributed by atoms with Crippen LogP contribution in [0.15, 0.2) is 35.7 Å². The molecule has 0 radical (unpaired) electrons. The zero-order valence-electron chi connectivity index (χ0n) is 11.7. The first kappa shape index (κ1) is 14.8. The van der Waals surface area contributed by atoms with Crippen LogP contribution >= 0.6 is 11.3 Å². The maximum Gasteiger partial charge on any atom is 0.261 e. The molecule has 0 aliphatic carbocycles. The van der Waals surface area contributed by atoms with Crippen LogP contribution in [-0.2, 0) is 0 Å². The van der Waals surface area contributed by atoms with Gasteiger partial charge in [-0.1, -0.05) is 36.8 Å². The van der Waals surface area contributed by atoms with Crippen molar-refractivity contribution in [3.63, 3.8) is 0 Å². The van der Waals surface area contributed by atoms with E-state index in [1.54, 1.807) is 0 Å². The minimum absolute atomic E-state index is 0.0711. The van der Waals surface area contributed by atoms with Crippen molar-refractivity contribution >= 4 is 17.2 Å². The average Bonchev–Trinajstić information content (AvgIpc) is 2.94. The van der Waals surface area contributed by atoms with Crippen LogP contribution in [0.3, 0.4) is 0 Å². The van der Waals surface area contributed by atoms with Crippen molar-refractivity contribution < 1.29 is 9.90 Å². The number of nitrogens with one attached hydrogen (secondary N) is 1. The lowest BCUT2D eigenvalue weighted by Gasteiger charge is -2.10. The lowest BCUT2D eigenvalue weighted by Crippen LogP contribution is -2.29. The molecule has 0 aliphatic heterocycles. The molecule has 0 saturated heterocycles. The monoisotopic (exact) mass is 289 g/mol. The van der Waals surface area contributed by atoms with Gasteiger partial charge in [0.15, 0.2) is 0 Å². The highest BCUT2D eigenvalue weighted by Crippen LogP contribution is 2.28. The molecule has 106 valence electrons. The van der Waals surface area contributed by atoms with Gasteiger partial charge in [0.1, 0.15) is 0 Å². The third-order valence-electron chi connectivity index (χ3n) is 3.16. The predicted molar refractivity (Wildman–Crippen MR) is 83.1 cm³/mol. The number of carbonyl (C=O) groups excluding carboxylic acids is 1.